The molecule has 5 nitrogen and oxygen atoms in total. The van der Waals surface area contributed by atoms with Gasteiger partial charge in [-0.25, -0.2) is 0 Å². The normalized spacial score (nSPS) is 25.0. The van der Waals surface area contributed by atoms with Crippen molar-refractivity contribution in [2.45, 2.75) is 44.8 Å². The highest BCUT2D eigenvalue weighted by Gasteiger charge is 2.28. The molecule has 0 amide bonds. The van der Waals surface area contributed by atoms with Gasteiger partial charge in [0.05, 0.1) is 12.2 Å². The Hall–Kier alpha value is -1.30. The summed E-state index contributed by atoms with van der Waals surface area (Å²) >= 11 is 0. The van der Waals surface area contributed by atoms with Crippen molar-refractivity contribution in [1.82, 2.24) is 0 Å². The molecule has 0 aromatic heterocycles. The SMILES string of the molecule is COCOc1ccc(C2CC(C)OC(C)C2)c(OCOC)c1. The van der Waals surface area contributed by atoms with E-state index in [1.807, 2.05) is 12.1 Å². The minimum Gasteiger partial charge on any atom is -0.467 e. The predicted octanol–water partition coefficient (Wildman–Crippen LogP) is 3.32. The van der Waals surface area contributed by atoms with Gasteiger partial charge >= 0.3 is 0 Å². The van der Waals surface area contributed by atoms with Crippen LogP contribution in [0.3, 0.4) is 0 Å². The van der Waals surface area contributed by atoms with E-state index < -0.39 is 0 Å². The van der Waals surface area contributed by atoms with Gasteiger partial charge in [0.2, 0.25) is 0 Å². The van der Waals surface area contributed by atoms with Crippen molar-refractivity contribution in [3.05, 3.63) is 23.8 Å². The third-order valence-corrected chi connectivity index (χ3v) is 3.80. The van der Waals surface area contributed by atoms with E-state index in [1.54, 1.807) is 14.2 Å². The second-order valence-electron chi connectivity index (χ2n) is 5.73. The molecule has 0 spiro atoms. The van der Waals surface area contributed by atoms with Gasteiger partial charge in [-0.05, 0) is 44.2 Å². The third kappa shape index (κ3) is 4.60. The van der Waals surface area contributed by atoms with Crippen molar-refractivity contribution >= 4 is 0 Å². The molecule has 124 valence electrons. The van der Waals surface area contributed by atoms with Gasteiger partial charge in [0.25, 0.3) is 0 Å². The Balaban J connectivity index is 2.20. The average molecular weight is 310 g/mol. The standard InChI is InChI=1S/C17H26O5/c1-12-7-14(8-13(2)22-12)16-6-5-15(20-10-18-3)9-17(16)21-11-19-4/h5-6,9,12-14H,7-8,10-11H2,1-4H3. The minimum absolute atomic E-state index is 0.217. The minimum atomic E-state index is 0.217. The summed E-state index contributed by atoms with van der Waals surface area (Å²) in [7, 11) is 3.21. The van der Waals surface area contributed by atoms with Crippen LogP contribution < -0.4 is 9.47 Å². The van der Waals surface area contributed by atoms with Crippen molar-refractivity contribution in [3.8, 4) is 11.5 Å². The monoisotopic (exact) mass is 310 g/mol. The van der Waals surface area contributed by atoms with Crippen LogP contribution >= 0.6 is 0 Å². The van der Waals surface area contributed by atoms with Crippen LogP contribution in [0.4, 0.5) is 0 Å². The highest BCUT2D eigenvalue weighted by Crippen LogP contribution is 2.39. The largest absolute Gasteiger partial charge is 0.467 e. The Labute approximate surface area is 132 Å². The number of hydrogen-bond donors (Lipinski definition) is 0. The summed E-state index contributed by atoms with van der Waals surface area (Å²) in [5, 5.41) is 0. The maximum Gasteiger partial charge on any atom is 0.188 e. The van der Waals surface area contributed by atoms with Crippen LogP contribution in [-0.2, 0) is 14.2 Å². The number of hydrogen-bond acceptors (Lipinski definition) is 5. The Morgan fingerprint density at radius 3 is 2.27 bits per heavy atom. The summed E-state index contributed by atoms with van der Waals surface area (Å²) in [6.07, 6.45) is 2.50. The van der Waals surface area contributed by atoms with Crippen LogP contribution in [0.5, 0.6) is 11.5 Å². The molecular weight excluding hydrogens is 284 g/mol. The van der Waals surface area contributed by atoms with Crippen molar-refractivity contribution in [2.75, 3.05) is 27.8 Å². The molecule has 2 rings (SSSR count). The molecule has 1 heterocycles. The van der Waals surface area contributed by atoms with Gasteiger partial charge in [-0.1, -0.05) is 6.07 Å². The van der Waals surface area contributed by atoms with Gasteiger partial charge in [0, 0.05) is 20.3 Å². The summed E-state index contributed by atoms with van der Waals surface area (Å²) in [6, 6.07) is 5.93. The zero-order valence-corrected chi connectivity index (χ0v) is 13.8. The maximum absolute atomic E-state index is 5.83. The molecule has 0 bridgehead atoms. The smallest absolute Gasteiger partial charge is 0.188 e. The first kappa shape index (κ1) is 17.1. The quantitative estimate of drug-likeness (QED) is 0.723. The fraction of sp³-hybridized carbons (Fsp3) is 0.647. The summed E-state index contributed by atoms with van der Waals surface area (Å²) in [5.41, 5.74) is 1.18. The van der Waals surface area contributed by atoms with Crippen LogP contribution in [0.1, 0.15) is 38.2 Å². The lowest BCUT2D eigenvalue weighted by Gasteiger charge is -2.33. The highest BCUT2D eigenvalue weighted by molar-refractivity contribution is 5.43. The van der Waals surface area contributed by atoms with Gasteiger partial charge in [-0.15, -0.1) is 0 Å². The van der Waals surface area contributed by atoms with E-state index >= 15 is 0 Å². The molecule has 1 aliphatic heterocycles. The molecule has 1 aromatic carbocycles. The van der Waals surface area contributed by atoms with Gasteiger partial charge in [-0.3, -0.25) is 0 Å². The zero-order chi connectivity index (χ0) is 15.9. The van der Waals surface area contributed by atoms with Gasteiger partial charge in [0.1, 0.15) is 11.5 Å². The molecule has 1 fully saturated rings. The molecule has 1 saturated heterocycles. The second-order valence-corrected chi connectivity index (χ2v) is 5.73. The highest BCUT2D eigenvalue weighted by atomic mass is 16.7. The van der Waals surface area contributed by atoms with Crippen LogP contribution in [0.25, 0.3) is 0 Å². The van der Waals surface area contributed by atoms with E-state index in [9.17, 15) is 0 Å². The fourth-order valence-electron chi connectivity index (χ4n) is 2.98. The van der Waals surface area contributed by atoms with Crippen molar-refractivity contribution < 1.29 is 23.7 Å². The Morgan fingerprint density at radius 2 is 1.64 bits per heavy atom. The first-order valence-corrected chi connectivity index (χ1v) is 7.67. The van der Waals surface area contributed by atoms with Crippen LogP contribution in [0.2, 0.25) is 0 Å². The number of ether oxygens (including phenoxy) is 5. The fourth-order valence-corrected chi connectivity index (χ4v) is 2.98. The predicted molar refractivity (Wildman–Crippen MR) is 83.4 cm³/mol. The molecule has 2 atom stereocenters. The zero-order valence-electron chi connectivity index (χ0n) is 13.8. The number of rotatable bonds is 7. The van der Waals surface area contributed by atoms with Crippen LogP contribution in [0, 0.1) is 0 Å². The summed E-state index contributed by atoms with van der Waals surface area (Å²) in [6.45, 7) is 4.67. The molecule has 0 aliphatic carbocycles. The van der Waals surface area contributed by atoms with Gasteiger partial charge in [0.15, 0.2) is 13.6 Å². The molecule has 5 heteroatoms. The van der Waals surface area contributed by atoms with Crippen molar-refractivity contribution in [3.63, 3.8) is 0 Å². The molecule has 0 N–H and O–H groups in total. The molecule has 0 radical (unpaired) electrons. The molecular formula is C17H26O5. The molecule has 1 aromatic rings. The molecule has 1 aliphatic rings. The van der Waals surface area contributed by atoms with E-state index in [0.717, 1.165) is 24.3 Å². The molecule has 22 heavy (non-hydrogen) atoms. The Bertz CT molecular complexity index is 452. The first-order valence-electron chi connectivity index (χ1n) is 7.67. The van der Waals surface area contributed by atoms with E-state index in [4.69, 9.17) is 23.7 Å². The number of benzene rings is 1. The summed E-state index contributed by atoms with van der Waals surface area (Å²) in [4.78, 5) is 0. The summed E-state index contributed by atoms with van der Waals surface area (Å²) in [5.74, 6) is 1.95. The average Bonchev–Trinajstić information content (AvgIpc) is 2.50. The van der Waals surface area contributed by atoms with E-state index in [-0.39, 0.29) is 25.8 Å². The Morgan fingerprint density at radius 1 is 1.00 bits per heavy atom. The lowest BCUT2D eigenvalue weighted by molar-refractivity contribution is -0.0386. The topological polar surface area (TPSA) is 46.2 Å². The summed E-state index contributed by atoms with van der Waals surface area (Å²) < 4.78 is 27.0. The van der Waals surface area contributed by atoms with Crippen molar-refractivity contribution in [1.29, 1.82) is 0 Å². The van der Waals surface area contributed by atoms with Gasteiger partial charge in [-0.2, -0.15) is 0 Å². The number of methoxy groups -OCH3 is 2. The maximum atomic E-state index is 5.83. The van der Waals surface area contributed by atoms with Crippen LogP contribution in [-0.4, -0.2) is 40.0 Å². The lowest BCUT2D eigenvalue weighted by atomic mass is 9.86. The van der Waals surface area contributed by atoms with Crippen molar-refractivity contribution in [2.24, 2.45) is 0 Å². The van der Waals surface area contributed by atoms with E-state index in [1.165, 1.54) is 5.56 Å². The Kier molecular flexibility index (Phi) is 6.49. The van der Waals surface area contributed by atoms with Gasteiger partial charge < -0.3 is 23.7 Å². The molecule has 0 saturated carbocycles. The van der Waals surface area contributed by atoms with E-state index in [0.29, 0.717) is 5.92 Å². The first-order chi connectivity index (χ1) is 10.6. The van der Waals surface area contributed by atoms with Crippen LogP contribution in [0.15, 0.2) is 18.2 Å². The second kappa shape index (κ2) is 8.36. The lowest BCUT2D eigenvalue weighted by Crippen LogP contribution is -2.28. The van der Waals surface area contributed by atoms with E-state index in [2.05, 4.69) is 19.9 Å². The third-order valence-electron chi connectivity index (χ3n) is 3.80. The molecule has 2 unspecified atom stereocenters.